The van der Waals surface area contributed by atoms with Crippen LogP contribution in [0.5, 0.6) is 0 Å². The topological polar surface area (TPSA) is 17.1 Å². The molecule has 0 spiro atoms. The van der Waals surface area contributed by atoms with Crippen LogP contribution in [0.15, 0.2) is 27.1 Å². The first-order valence-electron chi connectivity index (χ1n) is 4.66. The first kappa shape index (κ1) is 13.4. The number of rotatable bonds is 4. The molecule has 0 aliphatic carbocycles. The molecule has 0 aliphatic rings. The van der Waals surface area contributed by atoms with Crippen LogP contribution in [0.4, 0.5) is 0 Å². The summed E-state index contributed by atoms with van der Waals surface area (Å²) in [5, 5.41) is 0. The summed E-state index contributed by atoms with van der Waals surface area (Å²) in [7, 11) is 0. The largest absolute Gasteiger partial charge is 0.298 e. The minimum atomic E-state index is -0.0995. The van der Waals surface area contributed by atoms with Gasteiger partial charge in [0.25, 0.3) is 0 Å². The van der Waals surface area contributed by atoms with Gasteiger partial charge in [-0.1, -0.05) is 60.8 Å². The van der Waals surface area contributed by atoms with Crippen LogP contribution in [-0.4, -0.2) is 10.6 Å². The Bertz CT molecular complexity index is 343. The number of carbonyl (C=O) groups is 1. The van der Waals surface area contributed by atoms with Gasteiger partial charge in [0.05, 0.1) is 4.83 Å². The lowest BCUT2D eigenvalue weighted by molar-refractivity contribution is -0.118. The van der Waals surface area contributed by atoms with Crippen molar-refractivity contribution in [2.75, 3.05) is 0 Å². The van der Waals surface area contributed by atoms with Crippen molar-refractivity contribution < 1.29 is 4.79 Å². The monoisotopic (exact) mass is 396 g/mol. The van der Waals surface area contributed by atoms with E-state index in [9.17, 15) is 4.79 Å². The Labute approximate surface area is 115 Å². The zero-order valence-electron chi connectivity index (χ0n) is 8.27. The van der Waals surface area contributed by atoms with Gasteiger partial charge in [0, 0.05) is 15.4 Å². The fourth-order valence-electron chi connectivity index (χ4n) is 1.24. The number of benzene rings is 1. The number of alkyl halides is 1. The summed E-state index contributed by atoms with van der Waals surface area (Å²) in [6.45, 7) is 1.88. The van der Waals surface area contributed by atoms with Crippen LogP contribution in [-0.2, 0) is 11.2 Å². The van der Waals surface area contributed by atoms with Crippen molar-refractivity contribution in [1.82, 2.24) is 0 Å². The van der Waals surface area contributed by atoms with Crippen LogP contribution < -0.4 is 0 Å². The fraction of sp³-hybridized carbons (Fsp3) is 0.364. The SMILES string of the molecule is CCC(=O)C(Br)Cc1c(Br)cccc1Br. The molecular formula is C11H11Br3O. The second-order valence-electron chi connectivity index (χ2n) is 3.19. The molecule has 4 heteroatoms. The third kappa shape index (κ3) is 3.68. The Morgan fingerprint density at radius 2 is 1.87 bits per heavy atom. The fourth-order valence-corrected chi connectivity index (χ4v) is 3.21. The molecule has 1 unspecified atom stereocenters. The van der Waals surface area contributed by atoms with Crippen LogP contribution in [0.2, 0.25) is 0 Å². The molecule has 1 aromatic rings. The summed E-state index contributed by atoms with van der Waals surface area (Å²) in [6.07, 6.45) is 1.27. The van der Waals surface area contributed by atoms with E-state index in [2.05, 4.69) is 47.8 Å². The van der Waals surface area contributed by atoms with E-state index in [0.29, 0.717) is 12.8 Å². The Balaban J connectivity index is 2.85. The van der Waals surface area contributed by atoms with Crippen molar-refractivity contribution >= 4 is 53.6 Å². The molecule has 0 saturated carbocycles. The van der Waals surface area contributed by atoms with E-state index in [4.69, 9.17) is 0 Å². The molecule has 0 N–H and O–H groups in total. The van der Waals surface area contributed by atoms with E-state index in [1.807, 2.05) is 25.1 Å². The van der Waals surface area contributed by atoms with Gasteiger partial charge >= 0.3 is 0 Å². The molecule has 0 radical (unpaired) electrons. The third-order valence-corrected chi connectivity index (χ3v) is 4.46. The van der Waals surface area contributed by atoms with Crippen molar-refractivity contribution in [3.8, 4) is 0 Å². The Kier molecular flexibility index (Phi) is 5.50. The van der Waals surface area contributed by atoms with Gasteiger partial charge < -0.3 is 0 Å². The molecular weight excluding hydrogens is 388 g/mol. The summed E-state index contributed by atoms with van der Waals surface area (Å²) in [5.74, 6) is 0.234. The maximum Gasteiger partial charge on any atom is 0.146 e. The van der Waals surface area contributed by atoms with E-state index >= 15 is 0 Å². The lowest BCUT2D eigenvalue weighted by Crippen LogP contribution is -2.15. The normalized spacial score (nSPS) is 12.5. The standard InChI is InChI=1S/C11H11Br3O/c1-2-11(15)10(14)6-7-8(12)4-3-5-9(7)13/h3-5,10H,2,6H2,1H3. The highest BCUT2D eigenvalue weighted by Gasteiger charge is 2.16. The number of ketones is 1. The lowest BCUT2D eigenvalue weighted by atomic mass is 10.1. The van der Waals surface area contributed by atoms with Crippen molar-refractivity contribution in [3.63, 3.8) is 0 Å². The number of Topliss-reactive ketones (excluding diaryl/α,β-unsaturated/α-hetero) is 1. The molecule has 0 fully saturated rings. The predicted molar refractivity (Wildman–Crippen MR) is 73.6 cm³/mol. The second kappa shape index (κ2) is 6.16. The minimum Gasteiger partial charge on any atom is -0.298 e. The molecule has 0 heterocycles. The molecule has 0 amide bonds. The number of hydrogen-bond donors (Lipinski definition) is 0. The van der Waals surface area contributed by atoms with E-state index in [-0.39, 0.29) is 10.6 Å². The van der Waals surface area contributed by atoms with Gasteiger partial charge in [-0.3, -0.25) is 4.79 Å². The first-order chi connectivity index (χ1) is 7.06. The van der Waals surface area contributed by atoms with Gasteiger partial charge in [-0.2, -0.15) is 0 Å². The molecule has 1 aromatic carbocycles. The van der Waals surface area contributed by atoms with Crippen molar-refractivity contribution in [1.29, 1.82) is 0 Å². The molecule has 0 aromatic heterocycles. The van der Waals surface area contributed by atoms with Crippen LogP contribution >= 0.6 is 47.8 Å². The molecule has 1 atom stereocenters. The Hall–Kier alpha value is 0.330. The van der Waals surface area contributed by atoms with E-state index in [0.717, 1.165) is 14.5 Å². The summed E-state index contributed by atoms with van der Waals surface area (Å²) in [6, 6.07) is 5.93. The van der Waals surface area contributed by atoms with Crippen LogP contribution in [0.3, 0.4) is 0 Å². The molecule has 1 rings (SSSR count). The second-order valence-corrected chi connectivity index (χ2v) is 6.01. The van der Waals surface area contributed by atoms with Gasteiger partial charge in [-0.15, -0.1) is 0 Å². The average molecular weight is 399 g/mol. The van der Waals surface area contributed by atoms with Crippen molar-refractivity contribution in [2.45, 2.75) is 24.6 Å². The number of carbonyl (C=O) groups excluding carboxylic acids is 1. The molecule has 15 heavy (non-hydrogen) atoms. The number of halogens is 3. The first-order valence-corrected chi connectivity index (χ1v) is 7.16. The minimum absolute atomic E-state index is 0.0995. The van der Waals surface area contributed by atoms with Gasteiger partial charge in [-0.05, 0) is 24.1 Å². The zero-order valence-corrected chi connectivity index (χ0v) is 13.0. The average Bonchev–Trinajstić information content (AvgIpc) is 2.22. The summed E-state index contributed by atoms with van der Waals surface area (Å²) < 4.78 is 2.07. The number of hydrogen-bond acceptors (Lipinski definition) is 1. The van der Waals surface area contributed by atoms with Gasteiger partial charge in [0.2, 0.25) is 0 Å². The van der Waals surface area contributed by atoms with Gasteiger partial charge in [0.1, 0.15) is 5.78 Å². The maximum atomic E-state index is 11.5. The van der Waals surface area contributed by atoms with E-state index in [1.165, 1.54) is 0 Å². The molecule has 0 aliphatic heterocycles. The maximum absolute atomic E-state index is 11.5. The summed E-state index contributed by atoms with van der Waals surface area (Å²) >= 11 is 10.4. The predicted octanol–water partition coefficient (Wildman–Crippen LogP) is 4.50. The van der Waals surface area contributed by atoms with Crippen LogP contribution in [0.25, 0.3) is 0 Å². The molecule has 0 saturated heterocycles. The summed E-state index contributed by atoms with van der Waals surface area (Å²) in [5.41, 5.74) is 1.13. The van der Waals surface area contributed by atoms with Crippen molar-refractivity contribution in [2.24, 2.45) is 0 Å². The van der Waals surface area contributed by atoms with E-state index in [1.54, 1.807) is 0 Å². The van der Waals surface area contributed by atoms with Crippen LogP contribution in [0, 0.1) is 0 Å². The van der Waals surface area contributed by atoms with Gasteiger partial charge in [-0.25, -0.2) is 0 Å². The lowest BCUT2D eigenvalue weighted by Gasteiger charge is -2.11. The highest BCUT2D eigenvalue weighted by Crippen LogP contribution is 2.28. The highest BCUT2D eigenvalue weighted by atomic mass is 79.9. The van der Waals surface area contributed by atoms with Gasteiger partial charge in [0.15, 0.2) is 0 Å². The third-order valence-electron chi connectivity index (χ3n) is 2.14. The van der Waals surface area contributed by atoms with Crippen LogP contribution in [0.1, 0.15) is 18.9 Å². The molecule has 82 valence electrons. The summed E-state index contributed by atoms with van der Waals surface area (Å²) in [4.78, 5) is 11.4. The quantitative estimate of drug-likeness (QED) is 0.682. The Morgan fingerprint density at radius 3 is 2.33 bits per heavy atom. The highest BCUT2D eigenvalue weighted by molar-refractivity contribution is 9.11. The molecule has 1 nitrogen and oxygen atoms in total. The van der Waals surface area contributed by atoms with E-state index < -0.39 is 0 Å². The molecule has 0 bridgehead atoms. The van der Waals surface area contributed by atoms with Crippen molar-refractivity contribution in [3.05, 3.63) is 32.7 Å². The Morgan fingerprint density at radius 1 is 1.33 bits per heavy atom. The zero-order chi connectivity index (χ0) is 11.4. The smallest absolute Gasteiger partial charge is 0.146 e.